The summed E-state index contributed by atoms with van der Waals surface area (Å²) in [5.41, 5.74) is 2.91. The highest BCUT2D eigenvalue weighted by molar-refractivity contribution is 14.1. The summed E-state index contributed by atoms with van der Waals surface area (Å²) in [5.74, 6) is 5.88. The molecule has 2 heterocycles. The summed E-state index contributed by atoms with van der Waals surface area (Å²) in [6.45, 7) is 1.82. The minimum Gasteiger partial charge on any atom is -0.256 e. The van der Waals surface area contributed by atoms with Crippen molar-refractivity contribution in [3.8, 4) is 17.5 Å². The van der Waals surface area contributed by atoms with Crippen LogP contribution in [0.2, 0.25) is 0 Å². The molecule has 0 amide bonds. The van der Waals surface area contributed by atoms with Crippen molar-refractivity contribution < 1.29 is 0 Å². The lowest BCUT2D eigenvalue weighted by Crippen LogP contribution is -1.96. The lowest BCUT2D eigenvalue weighted by Gasteiger charge is -2.05. The Morgan fingerprint density at radius 1 is 1.26 bits per heavy atom. The SMILES string of the molecule is CC#Cc1cnn(-c2ccnc3cc(I)ccc23)c1. The second-order valence-electron chi connectivity index (χ2n) is 4.04. The number of aromatic nitrogens is 3. The molecule has 92 valence electrons. The molecule has 0 atom stereocenters. The van der Waals surface area contributed by atoms with E-state index in [0.29, 0.717) is 0 Å². The second kappa shape index (κ2) is 5.02. The molecular weight excluding hydrogens is 349 g/mol. The smallest absolute Gasteiger partial charge is 0.0755 e. The van der Waals surface area contributed by atoms with Gasteiger partial charge in [-0.1, -0.05) is 5.92 Å². The van der Waals surface area contributed by atoms with Crippen molar-refractivity contribution in [2.75, 3.05) is 0 Å². The Bertz CT molecular complexity index is 809. The molecule has 0 aliphatic carbocycles. The number of benzene rings is 1. The van der Waals surface area contributed by atoms with Gasteiger partial charge in [0, 0.05) is 21.4 Å². The molecule has 0 aliphatic heterocycles. The minimum absolute atomic E-state index is 0.915. The molecule has 19 heavy (non-hydrogen) atoms. The molecule has 3 aromatic rings. The molecule has 1 aromatic carbocycles. The first-order valence-electron chi connectivity index (χ1n) is 5.80. The van der Waals surface area contributed by atoms with Crippen LogP contribution in [0.25, 0.3) is 16.6 Å². The summed E-state index contributed by atoms with van der Waals surface area (Å²) in [4.78, 5) is 4.40. The molecule has 4 heteroatoms. The Morgan fingerprint density at radius 3 is 3.00 bits per heavy atom. The van der Waals surface area contributed by atoms with Crippen LogP contribution in [0.3, 0.4) is 0 Å². The first-order valence-corrected chi connectivity index (χ1v) is 6.88. The molecular formula is C15H10IN3. The van der Waals surface area contributed by atoms with E-state index < -0.39 is 0 Å². The van der Waals surface area contributed by atoms with Gasteiger partial charge in [-0.2, -0.15) is 5.10 Å². The summed E-state index contributed by atoms with van der Waals surface area (Å²) in [6.07, 6.45) is 5.51. The van der Waals surface area contributed by atoms with E-state index in [0.717, 1.165) is 22.2 Å². The molecule has 0 radical (unpaired) electrons. The molecule has 0 saturated heterocycles. The van der Waals surface area contributed by atoms with Gasteiger partial charge in [-0.15, -0.1) is 5.92 Å². The molecule has 0 bridgehead atoms. The van der Waals surface area contributed by atoms with Gasteiger partial charge in [0.25, 0.3) is 0 Å². The fourth-order valence-corrected chi connectivity index (χ4v) is 2.44. The largest absolute Gasteiger partial charge is 0.256 e. The van der Waals surface area contributed by atoms with Gasteiger partial charge in [-0.25, -0.2) is 4.68 Å². The Labute approximate surface area is 124 Å². The molecule has 0 saturated carbocycles. The van der Waals surface area contributed by atoms with Crippen LogP contribution in [-0.4, -0.2) is 14.8 Å². The summed E-state index contributed by atoms with van der Waals surface area (Å²) in [7, 11) is 0. The highest BCUT2D eigenvalue weighted by atomic mass is 127. The fourth-order valence-electron chi connectivity index (χ4n) is 1.97. The van der Waals surface area contributed by atoms with Crippen LogP contribution in [0.5, 0.6) is 0 Å². The molecule has 2 aromatic heterocycles. The Hall–Kier alpha value is -1.87. The van der Waals surface area contributed by atoms with E-state index in [4.69, 9.17) is 0 Å². The zero-order valence-electron chi connectivity index (χ0n) is 10.3. The zero-order chi connectivity index (χ0) is 13.2. The van der Waals surface area contributed by atoms with Crippen LogP contribution in [0, 0.1) is 15.4 Å². The fraction of sp³-hybridized carbons (Fsp3) is 0.0667. The van der Waals surface area contributed by atoms with Crippen molar-refractivity contribution in [1.29, 1.82) is 0 Å². The van der Waals surface area contributed by atoms with Crippen LogP contribution in [0.15, 0.2) is 42.9 Å². The average molecular weight is 359 g/mol. The van der Waals surface area contributed by atoms with E-state index in [2.05, 4.69) is 62.7 Å². The maximum absolute atomic E-state index is 4.40. The number of hydrogen-bond donors (Lipinski definition) is 0. The molecule has 0 spiro atoms. The van der Waals surface area contributed by atoms with E-state index >= 15 is 0 Å². The van der Waals surface area contributed by atoms with Gasteiger partial charge in [-0.3, -0.25) is 4.98 Å². The number of rotatable bonds is 1. The van der Waals surface area contributed by atoms with E-state index in [1.165, 1.54) is 3.57 Å². The van der Waals surface area contributed by atoms with Crippen molar-refractivity contribution in [2.24, 2.45) is 0 Å². The third-order valence-corrected chi connectivity index (χ3v) is 3.45. The van der Waals surface area contributed by atoms with Crippen molar-refractivity contribution in [2.45, 2.75) is 6.92 Å². The molecule has 3 nitrogen and oxygen atoms in total. The summed E-state index contributed by atoms with van der Waals surface area (Å²) in [5, 5.41) is 5.45. The normalized spacial score (nSPS) is 10.2. The van der Waals surface area contributed by atoms with Gasteiger partial charge < -0.3 is 0 Å². The highest BCUT2D eigenvalue weighted by Crippen LogP contribution is 2.22. The molecule has 0 N–H and O–H groups in total. The highest BCUT2D eigenvalue weighted by Gasteiger charge is 2.05. The number of nitrogens with zero attached hydrogens (tertiary/aromatic N) is 3. The van der Waals surface area contributed by atoms with Gasteiger partial charge in [0.05, 0.1) is 23.0 Å². The maximum Gasteiger partial charge on any atom is 0.0755 e. The van der Waals surface area contributed by atoms with Gasteiger partial charge in [0.2, 0.25) is 0 Å². The second-order valence-corrected chi connectivity index (χ2v) is 5.29. The Morgan fingerprint density at radius 2 is 2.16 bits per heavy atom. The molecule has 0 aliphatic rings. The van der Waals surface area contributed by atoms with Gasteiger partial charge in [-0.05, 0) is 53.8 Å². The Kier molecular flexibility index (Phi) is 3.22. The molecule has 3 rings (SSSR count). The third-order valence-electron chi connectivity index (χ3n) is 2.78. The quantitative estimate of drug-likeness (QED) is 0.493. The summed E-state index contributed by atoms with van der Waals surface area (Å²) in [6, 6.07) is 8.18. The maximum atomic E-state index is 4.40. The minimum atomic E-state index is 0.915. The monoisotopic (exact) mass is 359 g/mol. The van der Waals surface area contributed by atoms with Crippen LogP contribution in [-0.2, 0) is 0 Å². The summed E-state index contributed by atoms with van der Waals surface area (Å²) >= 11 is 2.29. The third kappa shape index (κ3) is 2.34. The molecule has 0 fully saturated rings. The topological polar surface area (TPSA) is 30.7 Å². The van der Waals surface area contributed by atoms with E-state index in [1.807, 2.05) is 23.9 Å². The van der Waals surface area contributed by atoms with Crippen molar-refractivity contribution in [3.05, 3.63) is 52.0 Å². The Balaban J connectivity index is 2.20. The predicted molar refractivity (Wildman–Crippen MR) is 84.1 cm³/mol. The van der Waals surface area contributed by atoms with Crippen LogP contribution in [0.1, 0.15) is 12.5 Å². The van der Waals surface area contributed by atoms with E-state index in [-0.39, 0.29) is 0 Å². The summed E-state index contributed by atoms with van der Waals surface area (Å²) < 4.78 is 3.02. The van der Waals surface area contributed by atoms with Crippen molar-refractivity contribution >= 4 is 33.5 Å². The zero-order valence-corrected chi connectivity index (χ0v) is 12.4. The van der Waals surface area contributed by atoms with Crippen molar-refractivity contribution in [3.63, 3.8) is 0 Å². The van der Waals surface area contributed by atoms with E-state index in [9.17, 15) is 0 Å². The van der Waals surface area contributed by atoms with E-state index in [1.54, 1.807) is 12.4 Å². The average Bonchev–Trinajstić information content (AvgIpc) is 2.86. The molecule has 0 unspecified atom stereocenters. The number of pyridine rings is 1. The first-order chi connectivity index (χ1) is 9.28. The van der Waals surface area contributed by atoms with Gasteiger partial charge in [0.1, 0.15) is 0 Å². The number of fused-ring (bicyclic) bond motifs is 1. The number of hydrogen-bond acceptors (Lipinski definition) is 2. The van der Waals surface area contributed by atoms with Crippen LogP contribution < -0.4 is 0 Å². The predicted octanol–water partition coefficient (Wildman–Crippen LogP) is 3.40. The lowest BCUT2D eigenvalue weighted by molar-refractivity contribution is 0.886. The number of halogens is 1. The van der Waals surface area contributed by atoms with Crippen molar-refractivity contribution in [1.82, 2.24) is 14.8 Å². The first kappa shape index (κ1) is 12.2. The van der Waals surface area contributed by atoms with Gasteiger partial charge >= 0.3 is 0 Å². The standard InChI is InChI=1S/C15H10IN3/c1-2-3-11-9-18-19(10-11)15-6-7-17-14-8-12(16)4-5-13(14)15/h4-10H,1H3. The van der Waals surface area contributed by atoms with Crippen LogP contribution >= 0.6 is 22.6 Å². The lowest BCUT2D eigenvalue weighted by atomic mass is 10.2. The van der Waals surface area contributed by atoms with Gasteiger partial charge in [0.15, 0.2) is 0 Å². The van der Waals surface area contributed by atoms with Crippen LogP contribution in [0.4, 0.5) is 0 Å².